The van der Waals surface area contributed by atoms with E-state index in [1.54, 1.807) is 7.11 Å². The van der Waals surface area contributed by atoms with Crippen LogP contribution in [0.5, 0.6) is 0 Å². The zero-order chi connectivity index (χ0) is 17.8. The Morgan fingerprint density at radius 3 is 2.56 bits per heavy atom. The van der Waals surface area contributed by atoms with Crippen LogP contribution >= 0.6 is 0 Å². The van der Waals surface area contributed by atoms with Gasteiger partial charge in [0, 0.05) is 25.4 Å². The van der Waals surface area contributed by atoms with E-state index in [0.29, 0.717) is 35.4 Å². The molecule has 1 amide bonds. The summed E-state index contributed by atoms with van der Waals surface area (Å²) in [5.41, 5.74) is 5.83. The second kappa shape index (κ2) is 7.99. The zero-order valence-corrected chi connectivity index (χ0v) is 15.1. The van der Waals surface area contributed by atoms with Gasteiger partial charge in [-0.3, -0.25) is 4.79 Å². The van der Waals surface area contributed by atoms with Crippen LogP contribution in [0.4, 0.5) is 11.8 Å². The largest absolute Gasteiger partial charge is 0.381 e. The van der Waals surface area contributed by atoms with Gasteiger partial charge in [-0.1, -0.05) is 6.42 Å². The molecule has 0 bridgehead atoms. The maximum Gasteiger partial charge on any atom is 0.254 e. The number of hydrogen-bond acceptors (Lipinski definition) is 6. The van der Waals surface area contributed by atoms with Gasteiger partial charge in [0.05, 0.1) is 11.7 Å². The maximum atomic E-state index is 11.7. The fraction of sp³-hybridized carbons (Fsp3) is 0.722. The van der Waals surface area contributed by atoms with Gasteiger partial charge < -0.3 is 21.1 Å². The average molecular weight is 347 g/mol. The number of amides is 1. The minimum atomic E-state index is -0.504. The molecule has 7 nitrogen and oxygen atoms in total. The number of aromatic nitrogens is 2. The first-order valence-electron chi connectivity index (χ1n) is 9.29. The Bertz CT molecular complexity index is 597. The first kappa shape index (κ1) is 17.9. The Balaban J connectivity index is 1.68. The fourth-order valence-corrected chi connectivity index (χ4v) is 3.64. The van der Waals surface area contributed by atoms with Crippen molar-refractivity contribution < 1.29 is 9.53 Å². The third kappa shape index (κ3) is 4.39. The van der Waals surface area contributed by atoms with E-state index in [-0.39, 0.29) is 6.04 Å². The molecular weight excluding hydrogens is 318 g/mol. The summed E-state index contributed by atoms with van der Waals surface area (Å²) < 4.78 is 5.41. The summed E-state index contributed by atoms with van der Waals surface area (Å²) in [5, 5.41) is 6.77. The number of ether oxygens (including phenoxy) is 1. The molecule has 0 spiro atoms. The van der Waals surface area contributed by atoms with E-state index < -0.39 is 5.91 Å². The Morgan fingerprint density at radius 2 is 2.00 bits per heavy atom. The van der Waals surface area contributed by atoms with Crippen molar-refractivity contribution >= 4 is 17.7 Å². The first-order valence-corrected chi connectivity index (χ1v) is 9.29. The number of primary amides is 1. The normalized spacial score (nSPS) is 25.0. The Morgan fingerprint density at radius 1 is 1.28 bits per heavy atom. The van der Waals surface area contributed by atoms with Crippen molar-refractivity contribution in [2.24, 2.45) is 11.7 Å². The summed E-state index contributed by atoms with van der Waals surface area (Å²) in [6.07, 6.45) is 9.74. The van der Waals surface area contributed by atoms with Crippen LogP contribution in [-0.4, -0.2) is 41.2 Å². The molecular formula is C18H29N5O2. The number of nitrogens with one attached hydrogen (secondary N) is 2. The summed E-state index contributed by atoms with van der Waals surface area (Å²) in [6, 6.07) is 0.606. The van der Waals surface area contributed by atoms with E-state index in [4.69, 9.17) is 10.5 Å². The third-order valence-corrected chi connectivity index (χ3v) is 5.62. The molecule has 2 aliphatic rings. The quantitative estimate of drug-likeness (QED) is 0.700. The van der Waals surface area contributed by atoms with Gasteiger partial charge in [-0.25, -0.2) is 4.98 Å². The lowest BCUT2D eigenvalue weighted by Crippen LogP contribution is -2.33. The van der Waals surface area contributed by atoms with E-state index in [9.17, 15) is 4.79 Å². The van der Waals surface area contributed by atoms with Gasteiger partial charge in [-0.05, 0) is 51.4 Å². The van der Waals surface area contributed by atoms with Crippen molar-refractivity contribution in [2.75, 3.05) is 17.7 Å². The predicted molar refractivity (Wildman–Crippen MR) is 97.7 cm³/mol. The van der Waals surface area contributed by atoms with Crippen LogP contribution in [0.15, 0.2) is 6.20 Å². The molecule has 4 N–H and O–H groups in total. The van der Waals surface area contributed by atoms with E-state index in [0.717, 1.165) is 25.7 Å². The van der Waals surface area contributed by atoms with Gasteiger partial charge >= 0.3 is 0 Å². The molecule has 2 saturated carbocycles. The molecule has 1 heterocycles. The van der Waals surface area contributed by atoms with Crippen molar-refractivity contribution in [3.8, 4) is 0 Å². The molecule has 1 aromatic rings. The highest BCUT2D eigenvalue weighted by atomic mass is 16.5. The molecule has 3 rings (SSSR count). The Kier molecular flexibility index (Phi) is 5.73. The highest BCUT2D eigenvalue weighted by Gasteiger charge is 2.26. The van der Waals surface area contributed by atoms with Crippen LogP contribution < -0.4 is 16.4 Å². The highest BCUT2D eigenvalue weighted by Crippen LogP contribution is 2.31. The lowest BCUT2D eigenvalue weighted by molar-refractivity contribution is 0.0681. The van der Waals surface area contributed by atoms with Crippen LogP contribution in [0.3, 0.4) is 0 Å². The Hall–Kier alpha value is -1.89. The molecule has 0 aliphatic heterocycles. The second-order valence-corrected chi connectivity index (χ2v) is 7.30. The summed E-state index contributed by atoms with van der Waals surface area (Å²) in [6.45, 7) is 2.13. The van der Waals surface area contributed by atoms with E-state index in [1.165, 1.54) is 25.5 Å². The SMILES string of the molecule is CO[C@H]1CC[C@H](Nc2ncc(C(N)=O)c(N[C@H](C)C3CCC3)n2)CC1. The molecule has 0 aromatic carbocycles. The minimum absolute atomic E-state index is 0.270. The van der Waals surface area contributed by atoms with Crippen molar-refractivity contribution in [1.82, 2.24) is 9.97 Å². The molecule has 0 unspecified atom stereocenters. The molecule has 1 aromatic heterocycles. The summed E-state index contributed by atoms with van der Waals surface area (Å²) in [4.78, 5) is 20.5. The number of nitrogens with zero attached hydrogens (tertiary/aromatic N) is 2. The van der Waals surface area contributed by atoms with E-state index in [1.807, 2.05) is 0 Å². The maximum absolute atomic E-state index is 11.7. The van der Waals surface area contributed by atoms with E-state index >= 15 is 0 Å². The topological polar surface area (TPSA) is 102 Å². The van der Waals surface area contributed by atoms with Crippen molar-refractivity contribution in [1.29, 1.82) is 0 Å². The van der Waals surface area contributed by atoms with Gasteiger partial charge in [0.1, 0.15) is 5.82 Å². The second-order valence-electron chi connectivity index (χ2n) is 7.30. The Labute approximate surface area is 149 Å². The monoisotopic (exact) mass is 347 g/mol. The number of nitrogens with two attached hydrogens (primary N) is 1. The van der Waals surface area contributed by atoms with Gasteiger partial charge in [0.25, 0.3) is 5.91 Å². The number of rotatable bonds is 7. The number of carbonyl (C=O) groups excluding carboxylic acids is 1. The van der Waals surface area contributed by atoms with Crippen LogP contribution in [-0.2, 0) is 4.74 Å². The van der Waals surface area contributed by atoms with Crippen LogP contribution in [0.25, 0.3) is 0 Å². The van der Waals surface area contributed by atoms with Gasteiger partial charge in [0.15, 0.2) is 0 Å². The molecule has 1 atom stereocenters. The number of anilines is 2. The molecule has 2 aliphatic carbocycles. The molecule has 0 saturated heterocycles. The van der Waals surface area contributed by atoms with Crippen LogP contribution in [0.1, 0.15) is 62.2 Å². The molecule has 138 valence electrons. The van der Waals surface area contributed by atoms with Gasteiger partial charge in [-0.15, -0.1) is 0 Å². The number of hydrogen-bond donors (Lipinski definition) is 3. The minimum Gasteiger partial charge on any atom is -0.381 e. The molecule has 0 radical (unpaired) electrons. The van der Waals surface area contributed by atoms with Gasteiger partial charge in [0.2, 0.25) is 5.95 Å². The van der Waals surface area contributed by atoms with Crippen LogP contribution in [0, 0.1) is 5.92 Å². The lowest BCUT2D eigenvalue weighted by atomic mass is 9.80. The summed E-state index contributed by atoms with van der Waals surface area (Å²) in [5.74, 6) is 1.22. The first-order chi connectivity index (χ1) is 12.1. The highest BCUT2D eigenvalue weighted by molar-refractivity contribution is 5.97. The van der Waals surface area contributed by atoms with Crippen molar-refractivity contribution in [3.05, 3.63) is 11.8 Å². The molecule has 2 fully saturated rings. The van der Waals surface area contributed by atoms with Crippen LogP contribution in [0.2, 0.25) is 0 Å². The zero-order valence-electron chi connectivity index (χ0n) is 15.1. The van der Waals surface area contributed by atoms with Crippen molar-refractivity contribution in [2.45, 2.75) is 70.1 Å². The van der Waals surface area contributed by atoms with Gasteiger partial charge in [-0.2, -0.15) is 4.98 Å². The smallest absolute Gasteiger partial charge is 0.254 e. The number of methoxy groups -OCH3 is 1. The lowest BCUT2D eigenvalue weighted by Gasteiger charge is -2.32. The predicted octanol–water partition coefficient (Wildman–Crippen LogP) is 2.55. The van der Waals surface area contributed by atoms with Crippen molar-refractivity contribution in [3.63, 3.8) is 0 Å². The molecule has 7 heteroatoms. The summed E-state index contributed by atoms with van der Waals surface area (Å²) >= 11 is 0. The third-order valence-electron chi connectivity index (χ3n) is 5.62. The average Bonchev–Trinajstić information content (AvgIpc) is 2.54. The standard InChI is InChI=1S/C18H29N5O2/c1-11(12-4-3-5-12)21-17-15(16(19)24)10-20-18(23-17)22-13-6-8-14(25-2)9-7-13/h10-14H,3-9H2,1-2H3,(H2,19,24)(H2,20,21,22,23)/t11-,13-,14-/m1/s1. The fourth-order valence-electron chi connectivity index (χ4n) is 3.64. The molecule has 25 heavy (non-hydrogen) atoms. The summed E-state index contributed by atoms with van der Waals surface area (Å²) in [7, 11) is 1.77. The number of carbonyl (C=O) groups is 1. The van der Waals surface area contributed by atoms with E-state index in [2.05, 4.69) is 27.5 Å².